The van der Waals surface area contributed by atoms with Gasteiger partial charge in [0.2, 0.25) is 0 Å². The van der Waals surface area contributed by atoms with Crippen molar-refractivity contribution in [3.05, 3.63) is 24.3 Å². The number of rotatable bonds is 43. The maximum atomic E-state index is 13.7. The molecule has 0 aromatic heterocycles. The minimum atomic E-state index is -0.635. The first-order chi connectivity index (χ1) is 27.8. The van der Waals surface area contributed by atoms with Crippen LogP contribution < -0.4 is 22.9 Å². The maximum absolute atomic E-state index is 13.7. The third kappa shape index (κ3) is 39.2. The van der Waals surface area contributed by atoms with Gasteiger partial charge in [0, 0.05) is 6.54 Å². The van der Waals surface area contributed by atoms with Crippen LogP contribution in [0.1, 0.15) is 226 Å². The summed E-state index contributed by atoms with van der Waals surface area (Å²) in [5, 5.41) is 0. The molecular formula is C48H94N6O2S. The van der Waals surface area contributed by atoms with Gasteiger partial charge in [-0.25, -0.2) is 4.79 Å². The number of unbranched alkanes of at least 4 members (excludes halogenated alkanes) is 23. The highest BCUT2D eigenvalue weighted by molar-refractivity contribution is 7.99. The number of hydrogen-bond donors (Lipinski definition) is 4. The molecule has 8 nitrogen and oxygen atoms in total. The van der Waals surface area contributed by atoms with Crippen LogP contribution in [0.4, 0.5) is 0 Å². The molecule has 0 aliphatic heterocycles. The first kappa shape index (κ1) is 55.0. The molecule has 0 aromatic carbocycles. The first-order valence-corrected chi connectivity index (χ1v) is 25.2. The lowest BCUT2D eigenvalue weighted by atomic mass is 10.0. The van der Waals surface area contributed by atoms with Crippen LogP contribution in [0.25, 0.3) is 0 Å². The first-order valence-electron chi connectivity index (χ1n) is 24.1. The second kappa shape index (κ2) is 43.6. The fourth-order valence-electron chi connectivity index (χ4n) is 7.08. The van der Waals surface area contributed by atoms with Gasteiger partial charge in [-0.05, 0) is 108 Å². The quantitative estimate of drug-likeness (QED) is 0.0157. The van der Waals surface area contributed by atoms with Crippen molar-refractivity contribution in [2.75, 3.05) is 18.1 Å². The number of carbonyl (C=O) groups is 1. The zero-order chi connectivity index (χ0) is 41.9. The number of thioether (sulfide) groups is 1. The Hall–Kier alpha value is -2.00. The van der Waals surface area contributed by atoms with E-state index in [2.05, 4.69) is 55.1 Å². The van der Waals surface area contributed by atoms with Gasteiger partial charge in [-0.1, -0.05) is 154 Å². The zero-order valence-corrected chi connectivity index (χ0v) is 38.5. The van der Waals surface area contributed by atoms with Crippen LogP contribution in [0, 0.1) is 0 Å². The van der Waals surface area contributed by atoms with Gasteiger partial charge in [-0.3, -0.25) is 9.98 Å². The lowest BCUT2D eigenvalue weighted by molar-refractivity contribution is -0.151. The Labute approximate surface area is 357 Å². The molecule has 0 fully saturated rings. The van der Waals surface area contributed by atoms with Crippen molar-refractivity contribution < 1.29 is 9.53 Å². The molecular weight excluding hydrogens is 725 g/mol. The van der Waals surface area contributed by atoms with Gasteiger partial charge >= 0.3 is 5.97 Å². The number of nitrogens with zero attached hydrogens (tertiary/aromatic N) is 2. The summed E-state index contributed by atoms with van der Waals surface area (Å²) in [5.74, 6) is 1.91. The van der Waals surface area contributed by atoms with Gasteiger partial charge in [0.05, 0.1) is 6.04 Å². The highest BCUT2D eigenvalue weighted by Gasteiger charge is 2.24. The van der Waals surface area contributed by atoms with E-state index < -0.39 is 12.1 Å². The minimum Gasteiger partial charge on any atom is -0.461 e. The van der Waals surface area contributed by atoms with E-state index in [1.54, 1.807) is 11.8 Å². The summed E-state index contributed by atoms with van der Waals surface area (Å²) in [4.78, 5) is 22.4. The number of guanidine groups is 1. The largest absolute Gasteiger partial charge is 0.461 e. The van der Waals surface area contributed by atoms with Crippen molar-refractivity contribution in [2.24, 2.45) is 32.9 Å². The van der Waals surface area contributed by atoms with Crippen molar-refractivity contribution in [1.29, 1.82) is 0 Å². The number of nitrogens with two attached hydrogens (primary N) is 4. The average molecular weight is 819 g/mol. The lowest BCUT2D eigenvalue weighted by Gasteiger charge is -2.22. The number of carbonyl (C=O) groups excluding carboxylic acids is 1. The van der Waals surface area contributed by atoms with Gasteiger partial charge < -0.3 is 27.7 Å². The monoisotopic (exact) mass is 819 g/mol. The van der Waals surface area contributed by atoms with Crippen LogP contribution >= 0.6 is 11.8 Å². The van der Waals surface area contributed by atoms with E-state index >= 15 is 0 Å². The predicted molar refractivity (Wildman–Crippen MR) is 254 cm³/mol. The van der Waals surface area contributed by atoms with E-state index in [0.717, 1.165) is 37.2 Å². The highest BCUT2D eigenvalue weighted by atomic mass is 32.2. The van der Waals surface area contributed by atoms with Gasteiger partial charge in [-0.15, -0.1) is 0 Å². The van der Waals surface area contributed by atoms with Gasteiger partial charge in [0.1, 0.15) is 18.0 Å². The average Bonchev–Trinajstić information content (AvgIpc) is 3.20. The molecule has 0 rings (SSSR count). The highest BCUT2D eigenvalue weighted by Crippen LogP contribution is 2.20. The molecule has 9 heteroatoms. The molecule has 0 heterocycles. The van der Waals surface area contributed by atoms with E-state index in [4.69, 9.17) is 27.7 Å². The summed E-state index contributed by atoms with van der Waals surface area (Å²) in [7, 11) is 0. The summed E-state index contributed by atoms with van der Waals surface area (Å²) in [6, 6.07) is -1.09. The SMILES string of the molecule is CCCCCCCC/C=C\CCCCCCCCC(CCCCCCC/C=C\CCCCCCCC)OC(=O)C(CCSCC)N=C(N)C(N)CCCN=C(N)N. The van der Waals surface area contributed by atoms with Crippen molar-refractivity contribution >= 4 is 29.5 Å². The standard InChI is InChI=1S/C48H94N6O2S/c1-4-7-9-11-13-15-17-19-21-23-25-27-29-31-33-35-38-43(37-34-32-30-28-26-24-22-20-18-16-14-12-10-8-5-2)56-47(55)45(40-42-57-6-3)54-46(50)44(49)39-36-41-53-48(51)52/h19-22,43-45H,4-18,23-42,49H2,1-3H3,(H2,50,54)(H4,51,52,53)/b21-19-,22-20-. The van der Waals surface area contributed by atoms with Crippen molar-refractivity contribution in [1.82, 2.24) is 0 Å². The summed E-state index contributed by atoms with van der Waals surface area (Å²) in [6.45, 7) is 7.16. The van der Waals surface area contributed by atoms with E-state index in [0.29, 0.717) is 31.6 Å². The fourth-order valence-corrected chi connectivity index (χ4v) is 7.76. The summed E-state index contributed by atoms with van der Waals surface area (Å²) < 4.78 is 6.28. The molecule has 334 valence electrons. The molecule has 0 aliphatic rings. The summed E-state index contributed by atoms with van der Waals surface area (Å²) >= 11 is 1.80. The smallest absolute Gasteiger partial charge is 0.331 e. The van der Waals surface area contributed by atoms with Crippen LogP contribution in [0.2, 0.25) is 0 Å². The van der Waals surface area contributed by atoms with Gasteiger partial charge in [0.25, 0.3) is 0 Å². The fraction of sp³-hybridized carbons (Fsp3) is 0.854. The van der Waals surface area contributed by atoms with Crippen molar-refractivity contribution in [3.8, 4) is 0 Å². The Kier molecular flexibility index (Phi) is 42.0. The Morgan fingerprint density at radius 1 is 0.561 bits per heavy atom. The Morgan fingerprint density at radius 3 is 1.40 bits per heavy atom. The third-order valence-corrected chi connectivity index (χ3v) is 11.7. The molecule has 0 aliphatic carbocycles. The minimum absolute atomic E-state index is 0.0648. The zero-order valence-electron chi connectivity index (χ0n) is 37.7. The van der Waals surface area contributed by atoms with Crippen LogP contribution in [0.5, 0.6) is 0 Å². The second-order valence-corrected chi connectivity index (χ2v) is 17.7. The molecule has 0 aromatic rings. The molecule has 8 N–H and O–H groups in total. The molecule has 57 heavy (non-hydrogen) atoms. The number of allylic oxidation sites excluding steroid dienone is 4. The number of ether oxygens (including phenoxy) is 1. The van der Waals surface area contributed by atoms with E-state index in [1.807, 2.05) is 0 Å². The molecule has 0 bridgehead atoms. The topological polar surface area (TPSA) is 155 Å². The molecule has 0 saturated heterocycles. The van der Waals surface area contributed by atoms with Gasteiger partial charge in [0.15, 0.2) is 5.96 Å². The molecule has 0 amide bonds. The molecule has 0 saturated carbocycles. The summed E-state index contributed by atoms with van der Waals surface area (Å²) in [5.41, 5.74) is 23.6. The molecule has 0 spiro atoms. The van der Waals surface area contributed by atoms with Crippen LogP contribution in [-0.4, -0.2) is 54.0 Å². The Bertz CT molecular complexity index is 999. The number of aliphatic imine (C=N–C) groups is 2. The van der Waals surface area contributed by atoms with E-state index in [-0.39, 0.29) is 18.0 Å². The van der Waals surface area contributed by atoms with Crippen LogP contribution in [0.3, 0.4) is 0 Å². The van der Waals surface area contributed by atoms with Crippen molar-refractivity contribution in [2.45, 2.75) is 244 Å². The Balaban J connectivity index is 4.89. The molecule has 0 radical (unpaired) electrons. The second-order valence-electron chi connectivity index (χ2n) is 16.3. The number of esters is 1. The third-order valence-electron chi connectivity index (χ3n) is 10.8. The normalized spacial score (nSPS) is 13.7. The van der Waals surface area contributed by atoms with Gasteiger partial charge in [-0.2, -0.15) is 11.8 Å². The summed E-state index contributed by atoms with van der Waals surface area (Å²) in [6.07, 6.45) is 47.8. The molecule has 3 atom stereocenters. The maximum Gasteiger partial charge on any atom is 0.331 e. The lowest BCUT2D eigenvalue weighted by Crippen LogP contribution is -2.39. The predicted octanol–water partition coefficient (Wildman–Crippen LogP) is 12.6. The van der Waals surface area contributed by atoms with Crippen LogP contribution in [-0.2, 0) is 9.53 Å². The number of hydrogen-bond acceptors (Lipinski definition) is 6. The molecule has 3 unspecified atom stereocenters. The van der Waals surface area contributed by atoms with Crippen LogP contribution in [0.15, 0.2) is 34.3 Å². The Morgan fingerprint density at radius 2 is 0.982 bits per heavy atom. The van der Waals surface area contributed by atoms with E-state index in [1.165, 1.54) is 161 Å². The van der Waals surface area contributed by atoms with E-state index in [9.17, 15) is 4.79 Å². The number of amidine groups is 1. The van der Waals surface area contributed by atoms with Crippen molar-refractivity contribution in [3.63, 3.8) is 0 Å².